The van der Waals surface area contributed by atoms with Crippen LogP contribution in [0.25, 0.3) is 0 Å². The molecule has 1 fully saturated rings. The third-order valence-corrected chi connectivity index (χ3v) is 4.97. The van der Waals surface area contributed by atoms with Crippen LogP contribution in [0.5, 0.6) is 0 Å². The maximum atomic E-state index is 9.28. The number of rotatable bonds is 7. The highest BCUT2D eigenvalue weighted by molar-refractivity contribution is 5.59. The summed E-state index contributed by atoms with van der Waals surface area (Å²) in [6.07, 6.45) is 3.08. The van der Waals surface area contributed by atoms with Crippen molar-refractivity contribution in [3.63, 3.8) is 0 Å². The van der Waals surface area contributed by atoms with Gasteiger partial charge in [0.1, 0.15) is 5.82 Å². The van der Waals surface area contributed by atoms with Gasteiger partial charge in [-0.25, -0.2) is 4.98 Å². The molecule has 2 N–H and O–H groups in total. The Kier molecular flexibility index (Phi) is 6.48. The quantitative estimate of drug-likeness (QED) is 0.760. The zero-order valence-electron chi connectivity index (χ0n) is 17.3. The summed E-state index contributed by atoms with van der Waals surface area (Å²) in [5.74, 6) is 1.57. The second-order valence-electron chi connectivity index (χ2n) is 7.81. The molecule has 2 heterocycles. The summed E-state index contributed by atoms with van der Waals surface area (Å²) in [6.45, 7) is 10.4. The first-order chi connectivity index (χ1) is 13.5. The second kappa shape index (κ2) is 9.03. The zero-order chi connectivity index (χ0) is 20.1. The molecule has 1 saturated heterocycles. The molecule has 1 aromatic carbocycles. The first-order valence-corrected chi connectivity index (χ1v) is 10.1. The number of hydrogen-bond acceptors (Lipinski definition) is 6. The standard InChI is InChI=1S/C22H30N6/c1-5-6-18-12-21(28-10-9-20(14-28)24-15(2)3)27-22(25-18)26-19-8-7-16(4)17(11-19)13-23/h7-8,11-12,15,20,24H,5-6,9-10,14H2,1-4H3,(H,25,26,27). The maximum Gasteiger partial charge on any atom is 0.229 e. The largest absolute Gasteiger partial charge is 0.355 e. The number of nitrogens with zero attached hydrogens (tertiary/aromatic N) is 4. The van der Waals surface area contributed by atoms with E-state index in [9.17, 15) is 5.26 Å². The Morgan fingerprint density at radius 2 is 2.11 bits per heavy atom. The van der Waals surface area contributed by atoms with Crippen molar-refractivity contribution in [3.05, 3.63) is 41.1 Å². The van der Waals surface area contributed by atoms with Crippen LogP contribution in [0.3, 0.4) is 0 Å². The van der Waals surface area contributed by atoms with Crippen LogP contribution in [0, 0.1) is 18.3 Å². The van der Waals surface area contributed by atoms with Crippen molar-refractivity contribution < 1.29 is 0 Å². The molecule has 1 aromatic heterocycles. The van der Waals surface area contributed by atoms with Gasteiger partial charge < -0.3 is 15.5 Å². The van der Waals surface area contributed by atoms with Crippen molar-refractivity contribution in [1.82, 2.24) is 15.3 Å². The Bertz CT molecular complexity index is 855. The fourth-order valence-electron chi connectivity index (χ4n) is 3.61. The third kappa shape index (κ3) is 4.99. The summed E-state index contributed by atoms with van der Waals surface area (Å²) >= 11 is 0. The number of aryl methyl sites for hydroxylation is 2. The van der Waals surface area contributed by atoms with Crippen LogP contribution >= 0.6 is 0 Å². The summed E-state index contributed by atoms with van der Waals surface area (Å²) in [5.41, 5.74) is 3.51. The van der Waals surface area contributed by atoms with Crippen LogP contribution < -0.4 is 15.5 Å². The Morgan fingerprint density at radius 3 is 2.82 bits per heavy atom. The molecule has 3 rings (SSSR count). The van der Waals surface area contributed by atoms with E-state index in [1.54, 1.807) is 0 Å². The van der Waals surface area contributed by atoms with E-state index >= 15 is 0 Å². The van der Waals surface area contributed by atoms with Crippen LogP contribution in [0.4, 0.5) is 17.5 Å². The Labute approximate surface area is 168 Å². The van der Waals surface area contributed by atoms with Crippen LogP contribution in [-0.4, -0.2) is 35.1 Å². The molecule has 1 aliphatic rings. The minimum Gasteiger partial charge on any atom is -0.355 e. The molecule has 28 heavy (non-hydrogen) atoms. The van der Waals surface area contributed by atoms with Gasteiger partial charge in [0.2, 0.25) is 5.95 Å². The number of nitriles is 1. The fraction of sp³-hybridized carbons (Fsp3) is 0.500. The van der Waals surface area contributed by atoms with E-state index in [0.29, 0.717) is 23.6 Å². The normalized spacial score (nSPS) is 16.4. The Hall–Kier alpha value is -2.65. The molecule has 0 bridgehead atoms. The van der Waals surface area contributed by atoms with E-state index in [1.165, 1.54) is 0 Å². The van der Waals surface area contributed by atoms with Gasteiger partial charge in [-0.2, -0.15) is 10.2 Å². The molecule has 1 atom stereocenters. The minimum atomic E-state index is 0.485. The zero-order valence-corrected chi connectivity index (χ0v) is 17.3. The lowest BCUT2D eigenvalue weighted by Crippen LogP contribution is -2.37. The Balaban J connectivity index is 1.83. The van der Waals surface area contributed by atoms with Crippen molar-refractivity contribution >= 4 is 17.5 Å². The first kappa shape index (κ1) is 20.1. The van der Waals surface area contributed by atoms with E-state index in [1.807, 2.05) is 25.1 Å². The van der Waals surface area contributed by atoms with Gasteiger partial charge in [-0.15, -0.1) is 0 Å². The molecule has 0 radical (unpaired) electrons. The Morgan fingerprint density at radius 1 is 1.29 bits per heavy atom. The van der Waals surface area contributed by atoms with Gasteiger partial charge in [0, 0.05) is 42.6 Å². The second-order valence-corrected chi connectivity index (χ2v) is 7.81. The van der Waals surface area contributed by atoms with Gasteiger partial charge in [0.15, 0.2) is 0 Å². The molecule has 1 unspecified atom stereocenters. The van der Waals surface area contributed by atoms with Crippen LogP contribution in [0.1, 0.15) is 50.4 Å². The van der Waals surface area contributed by atoms with Crippen molar-refractivity contribution in [2.24, 2.45) is 0 Å². The van der Waals surface area contributed by atoms with Gasteiger partial charge in [-0.1, -0.05) is 33.3 Å². The molecule has 1 aliphatic heterocycles. The van der Waals surface area contributed by atoms with Crippen LogP contribution in [0.2, 0.25) is 0 Å². The number of nitrogens with one attached hydrogen (secondary N) is 2. The van der Waals surface area contributed by atoms with Gasteiger partial charge in [-0.3, -0.25) is 0 Å². The summed E-state index contributed by atoms with van der Waals surface area (Å²) in [4.78, 5) is 11.8. The monoisotopic (exact) mass is 378 g/mol. The molecule has 0 saturated carbocycles. The van der Waals surface area contributed by atoms with E-state index in [4.69, 9.17) is 4.98 Å². The van der Waals surface area contributed by atoms with Crippen LogP contribution in [0.15, 0.2) is 24.3 Å². The van der Waals surface area contributed by atoms with Crippen LogP contribution in [-0.2, 0) is 6.42 Å². The highest BCUT2D eigenvalue weighted by Gasteiger charge is 2.24. The number of aromatic nitrogens is 2. The molecule has 6 nitrogen and oxygen atoms in total. The van der Waals surface area contributed by atoms with Gasteiger partial charge in [-0.05, 0) is 37.5 Å². The summed E-state index contributed by atoms with van der Waals surface area (Å²) in [6, 6.07) is 11.1. The lowest BCUT2D eigenvalue weighted by atomic mass is 10.1. The first-order valence-electron chi connectivity index (χ1n) is 10.1. The average molecular weight is 379 g/mol. The van der Waals surface area contributed by atoms with E-state index in [-0.39, 0.29) is 0 Å². The molecule has 6 heteroatoms. The predicted octanol–water partition coefficient (Wildman–Crippen LogP) is 3.93. The lowest BCUT2D eigenvalue weighted by molar-refractivity contribution is 0.492. The number of benzene rings is 1. The lowest BCUT2D eigenvalue weighted by Gasteiger charge is -2.20. The van der Waals surface area contributed by atoms with Gasteiger partial charge >= 0.3 is 0 Å². The summed E-state index contributed by atoms with van der Waals surface area (Å²) in [7, 11) is 0. The highest BCUT2D eigenvalue weighted by atomic mass is 15.3. The highest BCUT2D eigenvalue weighted by Crippen LogP contribution is 2.24. The molecular formula is C22H30N6. The molecular weight excluding hydrogens is 348 g/mol. The molecule has 0 amide bonds. The average Bonchev–Trinajstić information content (AvgIpc) is 3.11. The van der Waals surface area contributed by atoms with Crippen molar-refractivity contribution in [1.29, 1.82) is 5.26 Å². The fourth-order valence-corrected chi connectivity index (χ4v) is 3.61. The molecule has 148 valence electrons. The minimum absolute atomic E-state index is 0.485. The van der Waals surface area contributed by atoms with E-state index in [2.05, 4.69) is 53.4 Å². The summed E-state index contributed by atoms with van der Waals surface area (Å²) < 4.78 is 0. The third-order valence-electron chi connectivity index (χ3n) is 4.97. The maximum absolute atomic E-state index is 9.28. The molecule has 0 aliphatic carbocycles. The van der Waals surface area contributed by atoms with Gasteiger partial charge in [0.05, 0.1) is 11.6 Å². The van der Waals surface area contributed by atoms with Gasteiger partial charge in [0.25, 0.3) is 0 Å². The number of anilines is 3. The molecule has 2 aromatic rings. The van der Waals surface area contributed by atoms with Crippen molar-refractivity contribution in [3.8, 4) is 6.07 Å². The number of hydrogen-bond donors (Lipinski definition) is 2. The van der Waals surface area contributed by atoms with Crippen molar-refractivity contribution in [2.75, 3.05) is 23.3 Å². The van der Waals surface area contributed by atoms with Crippen molar-refractivity contribution in [2.45, 2.75) is 59.0 Å². The topological polar surface area (TPSA) is 76.9 Å². The predicted molar refractivity (Wildman–Crippen MR) is 114 cm³/mol. The SMILES string of the molecule is CCCc1cc(N2CCC(NC(C)C)C2)nc(Nc2ccc(C)c(C#N)c2)n1. The summed E-state index contributed by atoms with van der Waals surface area (Å²) in [5, 5.41) is 16.2. The smallest absolute Gasteiger partial charge is 0.229 e. The van der Waals surface area contributed by atoms with E-state index in [0.717, 1.165) is 55.1 Å². The molecule has 0 spiro atoms. The van der Waals surface area contributed by atoms with E-state index < -0.39 is 0 Å².